The molecule has 1 aromatic rings. The molecule has 5 nitrogen and oxygen atoms in total. The molecule has 2 N–H and O–H groups in total. The number of hydrogen-bond donors (Lipinski definition) is 2. The molecule has 0 aliphatic carbocycles. The number of hydrogen-bond acceptors (Lipinski definition) is 3. The topological polar surface area (TPSA) is 54.9 Å². The van der Waals surface area contributed by atoms with Gasteiger partial charge in [0, 0.05) is 38.9 Å². The summed E-state index contributed by atoms with van der Waals surface area (Å²) < 4.78 is 34.8. The van der Waals surface area contributed by atoms with Crippen molar-refractivity contribution in [1.29, 1.82) is 0 Å². The van der Waals surface area contributed by atoms with Gasteiger partial charge in [-0.2, -0.15) is 8.78 Å². The summed E-state index contributed by atoms with van der Waals surface area (Å²) in [6, 6.07) is 5.12. The minimum Gasteiger partial charge on any atom is -0.434 e. The standard InChI is InChI=1S/C17H27F2N3O2.HI/c1-4-23-10-6-5-9-21-17(20-3)22-12-14-11-13(2)7-8-15(14)24-16(18)19;/h7-8,11,16H,4-6,9-10,12H2,1-3H3,(H2,20,21,22);1H. The van der Waals surface area contributed by atoms with Crippen molar-refractivity contribution in [2.75, 3.05) is 26.8 Å². The highest BCUT2D eigenvalue weighted by atomic mass is 127. The number of guanidine groups is 1. The zero-order valence-corrected chi connectivity index (χ0v) is 17.3. The lowest BCUT2D eigenvalue weighted by Gasteiger charge is -2.15. The molecule has 0 heterocycles. The number of halogens is 3. The zero-order chi connectivity index (χ0) is 17.8. The predicted octanol–water partition coefficient (Wildman–Crippen LogP) is 3.70. The Bertz CT molecular complexity index is 517. The Labute approximate surface area is 165 Å². The van der Waals surface area contributed by atoms with Crippen LogP contribution in [0.25, 0.3) is 0 Å². The number of unbranched alkanes of at least 4 members (excludes halogenated alkanes) is 1. The first-order valence-corrected chi connectivity index (χ1v) is 8.13. The first-order chi connectivity index (χ1) is 11.6. The molecule has 0 amide bonds. The summed E-state index contributed by atoms with van der Waals surface area (Å²) in [6.07, 6.45) is 1.94. The second kappa shape index (κ2) is 14.1. The van der Waals surface area contributed by atoms with Gasteiger partial charge in [-0.25, -0.2) is 0 Å². The van der Waals surface area contributed by atoms with Crippen LogP contribution in [-0.4, -0.2) is 39.4 Å². The van der Waals surface area contributed by atoms with E-state index in [2.05, 4.69) is 20.4 Å². The quantitative estimate of drug-likeness (QED) is 0.237. The van der Waals surface area contributed by atoms with Gasteiger partial charge in [-0.3, -0.25) is 4.99 Å². The molecule has 1 rings (SSSR count). The van der Waals surface area contributed by atoms with Crippen molar-refractivity contribution in [2.45, 2.75) is 39.8 Å². The number of rotatable bonds is 10. The highest BCUT2D eigenvalue weighted by molar-refractivity contribution is 14.0. The monoisotopic (exact) mass is 471 g/mol. The van der Waals surface area contributed by atoms with E-state index in [9.17, 15) is 8.78 Å². The normalized spacial score (nSPS) is 11.2. The van der Waals surface area contributed by atoms with Crippen LogP contribution >= 0.6 is 24.0 Å². The van der Waals surface area contributed by atoms with Crippen LogP contribution in [0.3, 0.4) is 0 Å². The average Bonchev–Trinajstić information content (AvgIpc) is 2.55. The molecule has 1 aromatic carbocycles. The fourth-order valence-electron chi connectivity index (χ4n) is 2.14. The van der Waals surface area contributed by atoms with Crippen molar-refractivity contribution < 1.29 is 18.3 Å². The van der Waals surface area contributed by atoms with Crippen LogP contribution in [0.4, 0.5) is 8.78 Å². The van der Waals surface area contributed by atoms with Gasteiger partial charge in [-0.05, 0) is 32.8 Å². The van der Waals surface area contributed by atoms with Crippen LogP contribution in [0.2, 0.25) is 0 Å². The van der Waals surface area contributed by atoms with Gasteiger partial charge in [0.25, 0.3) is 0 Å². The van der Waals surface area contributed by atoms with Crippen LogP contribution in [0.1, 0.15) is 30.9 Å². The van der Waals surface area contributed by atoms with Gasteiger partial charge in [0.1, 0.15) is 5.75 Å². The average molecular weight is 471 g/mol. The molecule has 0 aromatic heterocycles. The van der Waals surface area contributed by atoms with Crippen LogP contribution in [-0.2, 0) is 11.3 Å². The number of alkyl halides is 2. The Morgan fingerprint density at radius 3 is 2.64 bits per heavy atom. The van der Waals surface area contributed by atoms with Gasteiger partial charge in [0.2, 0.25) is 0 Å². The lowest BCUT2D eigenvalue weighted by atomic mass is 10.1. The summed E-state index contributed by atoms with van der Waals surface area (Å²) in [5, 5.41) is 6.30. The molecule has 0 atom stereocenters. The van der Waals surface area contributed by atoms with E-state index in [0.717, 1.165) is 38.2 Å². The zero-order valence-electron chi connectivity index (χ0n) is 15.0. The van der Waals surface area contributed by atoms with Crippen LogP contribution in [0.15, 0.2) is 23.2 Å². The smallest absolute Gasteiger partial charge is 0.387 e. The van der Waals surface area contributed by atoms with Gasteiger partial charge >= 0.3 is 6.61 Å². The maximum absolute atomic E-state index is 12.5. The fraction of sp³-hybridized carbons (Fsp3) is 0.588. The predicted molar refractivity (Wildman–Crippen MR) is 107 cm³/mol. The van der Waals surface area contributed by atoms with Crippen molar-refractivity contribution in [2.24, 2.45) is 4.99 Å². The molecule has 0 aliphatic heterocycles. The summed E-state index contributed by atoms with van der Waals surface area (Å²) in [6.45, 7) is 3.64. The summed E-state index contributed by atoms with van der Waals surface area (Å²) in [7, 11) is 1.67. The van der Waals surface area contributed by atoms with E-state index in [1.165, 1.54) is 0 Å². The Hall–Kier alpha value is -1.16. The highest BCUT2D eigenvalue weighted by Gasteiger charge is 2.10. The molecule has 0 spiro atoms. The van der Waals surface area contributed by atoms with Gasteiger partial charge in [0.15, 0.2) is 5.96 Å². The van der Waals surface area contributed by atoms with Crippen LogP contribution in [0.5, 0.6) is 5.75 Å². The van der Waals surface area contributed by atoms with Crippen molar-refractivity contribution in [3.05, 3.63) is 29.3 Å². The number of benzene rings is 1. The molecule has 0 aliphatic rings. The lowest BCUT2D eigenvalue weighted by Crippen LogP contribution is -2.37. The summed E-state index contributed by atoms with van der Waals surface area (Å²) in [4.78, 5) is 4.12. The molecule has 144 valence electrons. The first kappa shape index (κ1) is 23.8. The maximum atomic E-state index is 12.5. The summed E-state index contributed by atoms with van der Waals surface area (Å²) in [5.74, 6) is 0.797. The van der Waals surface area contributed by atoms with Crippen molar-refractivity contribution in [3.8, 4) is 5.75 Å². The van der Waals surface area contributed by atoms with Crippen molar-refractivity contribution in [1.82, 2.24) is 10.6 Å². The van der Waals surface area contributed by atoms with Gasteiger partial charge < -0.3 is 20.1 Å². The van der Waals surface area contributed by atoms with Crippen molar-refractivity contribution >= 4 is 29.9 Å². The molecular formula is C17H28F2IN3O2. The minimum atomic E-state index is -2.84. The minimum absolute atomic E-state index is 0. The lowest BCUT2D eigenvalue weighted by molar-refractivity contribution is -0.0504. The maximum Gasteiger partial charge on any atom is 0.387 e. The third-order valence-corrected chi connectivity index (χ3v) is 3.31. The van der Waals surface area contributed by atoms with Gasteiger partial charge in [-0.1, -0.05) is 17.7 Å². The number of nitrogens with one attached hydrogen (secondary N) is 2. The van der Waals surface area contributed by atoms with Crippen LogP contribution < -0.4 is 15.4 Å². The molecule has 25 heavy (non-hydrogen) atoms. The van der Waals surface area contributed by atoms with E-state index >= 15 is 0 Å². The fourth-order valence-corrected chi connectivity index (χ4v) is 2.14. The third kappa shape index (κ3) is 10.4. The number of aliphatic imine (C=N–C) groups is 1. The third-order valence-electron chi connectivity index (χ3n) is 3.31. The van der Waals surface area contributed by atoms with Crippen LogP contribution in [0, 0.1) is 6.92 Å². The molecule has 0 bridgehead atoms. The Morgan fingerprint density at radius 2 is 2.00 bits per heavy atom. The van der Waals surface area contributed by atoms with Crippen molar-refractivity contribution in [3.63, 3.8) is 0 Å². The number of aryl methyl sites for hydroxylation is 1. The molecule has 8 heteroatoms. The van der Waals surface area contributed by atoms with E-state index in [1.54, 1.807) is 19.2 Å². The molecule has 0 saturated heterocycles. The van der Waals surface area contributed by atoms with E-state index < -0.39 is 6.61 Å². The van der Waals surface area contributed by atoms with E-state index in [4.69, 9.17) is 4.74 Å². The summed E-state index contributed by atoms with van der Waals surface area (Å²) in [5.41, 5.74) is 1.64. The largest absolute Gasteiger partial charge is 0.434 e. The van der Waals surface area contributed by atoms with Gasteiger partial charge in [-0.15, -0.1) is 24.0 Å². The second-order valence-corrected chi connectivity index (χ2v) is 5.25. The number of ether oxygens (including phenoxy) is 2. The molecule has 0 unspecified atom stereocenters. The second-order valence-electron chi connectivity index (χ2n) is 5.25. The Morgan fingerprint density at radius 1 is 1.24 bits per heavy atom. The molecule has 0 fully saturated rings. The Balaban J connectivity index is 0.00000576. The van der Waals surface area contributed by atoms with E-state index in [-0.39, 0.29) is 29.7 Å². The van der Waals surface area contributed by atoms with E-state index in [0.29, 0.717) is 18.1 Å². The SMILES string of the molecule is CCOCCCCNC(=NC)NCc1cc(C)ccc1OC(F)F.I. The van der Waals surface area contributed by atoms with Gasteiger partial charge in [0.05, 0.1) is 0 Å². The number of nitrogens with zero attached hydrogens (tertiary/aromatic N) is 1. The molecule has 0 saturated carbocycles. The highest BCUT2D eigenvalue weighted by Crippen LogP contribution is 2.21. The molecule has 0 radical (unpaired) electrons. The molecular weight excluding hydrogens is 443 g/mol. The summed E-state index contributed by atoms with van der Waals surface area (Å²) >= 11 is 0. The van der Waals surface area contributed by atoms with E-state index in [1.807, 2.05) is 19.9 Å². The Kier molecular flexibility index (Phi) is 13.4. The first-order valence-electron chi connectivity index (χ1n) is 8.13.